The van der Waals surface area contributed by atoms with Crippen molar-refractivity contribution < 1.29 is 19.1 Å². The van der Waals surface area contributed by atoms with Gasteiger partial charge in [0, 0.05) is 16.8 Å². The van der Waals surface area contributed by atoms with Crippen molar-refractivity contribution in [3.8, 4) is 0 Å². The van der Waals surface area contributed by atoms with Crippen LogP contribution >= 0.6 is 0 Å². The average molecular weight is 415 g/mol. The summed E-state index contributed by atoms with van der Waals surface area (Å²) in [6.45, 7) is 5.74. The van der Waals surface area contributed by atoms with Gasteiger partial charge >= 0.3 is 0 Å². The number of nitrogens with zero attached hydrogens (tertiary/aromatic N) is 1. The van der Waals surface area contributed by atoms with E-state index in [2.05, 4.69) is 0 Å². The maximum atomic E-state index is 14.9. The molecule has 1 unspecified atom stereocenters. The van der Waals surface area contributed by atoms with Crippen molar-refractivity contribution in [3.05, 3.63) is 106 Å². The summed E-state index contributed by atoms with van der Waals surface area (Å²) < 4.78 is 14.9. The zero-order valence-corrected chi connectivity index (χ0v) is 17.5. The topological polar surface area (TPSA) is 57.6 Å². The molecule has 0 spiro atoms. The van der Waals surface area contributed by atoms with Crippen LogP contribution in [0.2, 0.25) is 0 Å². The summed E-state index contributed by atoms with van der Waals surface area (Å²) in [4.78, 5) is 27.4. The smallest absolute Gasteiger partial charge is 0.300 e. The quantitative estimate of drug-likeness (QED) is 0.355. The lowest BCUT2D eigenvalue weighted by atomic mass is 9.94. The highest BCUT2D eigenvalue weighted by Crippen LogP contribution is 2.43. The first-order valence-electron chi connectivity index (χ1n) is 9.99. The van der Waals surface area contributed by atoms with Gasteiger partial charge in [-0.1, -0.05) is 48.0 Å². The van der Waals surface area contributed by atoms with Gasteiger partial charge < -0.3 is 5.11 Å². The zero-order chi connectivity index (χ0) is 22.3. The van der Waals surface area contributed by atoms with Crippen LogP contribution in [0.1, 0.15) is 33.9 Å². The molecule has 3 aromatic carbocycles. The lowest BCUT2D eigenvalue weighted by Crippen LogP contribution is -2.29. The van der Waals surface area contributed by atoms with E-state index in [9.17, 15) is 19.1 Å². The third-order valence-electron chi connectivity index (χ3n) is 5.74. The van der Waals surface area contributed by atoms with E-state index in [0.717, 1.165) is 16.7 Å². The largest absolute Gasteiger partial charge is 0.507 e. The molecule has 0 bridgehead atoms. The lowest BCUT2D eigenvalue weighted by Gasteiger charge is -2.26. The van der Waals surface area contributed by atoms with Crippen LogP contribution in [-0.4, -0.2) is 16.8 Å². The molecule has 1 aliphatic rings. The van der Waals surface area contributed by atoms with Gasteiger partial charge in [-0.15, -0.1) is 0 Å². The minimum atomic E-state index is -1.08. The molecule has 0 saturated carbocycles. The number of rotatable bonds is 3. The van der Waals surface area contributed by atoms with Gasteiger partial charge in [-0.3, -0.25) is 14.5 Å². The Labute approximate surface area is 180 Å². The lowest BCUT2D eigenvalue weighted by molar-refractivity contribution is -0.132. The molecule has 1 heterocycles. The fraction of sp³-hybridized carbons (Fsp3) is 0.154. The summed E-state index contributed by atoms with van der Waals surface area (Å²) in [5, 5.41) is 11.1. The summed E-state index contributed by atoms with van der Waals surface area (Å²) in [6, 6.07) is 17.2. The Morgan fingerprint density at radius 2 is 1.58 bits per heavy atom. The Balaban J connectivity index is 1.97. The first-order chi connectivity index (χ1) is 14.8. The summed E-state index contributed by atoms with van der Waals surface area (Å²) in [5.74, 6) is -2.52. The van der Waals surface area contributed by atoms with Crippen molar-refractivity contribution in [2.45, 2.75) is 26.8 Å². The van der Waals surface area contributed by atoms with E-state index in [0.29, 0.717) is 11.3 Å². The van der Waals surface area contributed by atoms with Crippen molar-refractivity contribution in [3.63, 3.8) is 0 Å². The van der Waals surface area contributed by atoms with Crippen LogP contribution < -0.4 is 4.90 Å². The number of amides is 1. The number of hydrogen-bond acceptors (Lipinski definition) is 3. The van der Waals surface area contributed by atoms with Gasteiger partial charge in [0.05, 0.1) is 11.6 Å². The minimum absolute atomic E-state index is 0.126. The van der Waals surface area contributed by atoms with E-state index < -0.39 is 23.5 Å². The molecule has 1 amide bonds. The Kier molecular flexibility index (Phi) is 5.19. The molecule has 3 aromatic rings. The molecule has 4 nitrogen and oxygen atoms in total. The second kappa shape index (κ2) is 7.84. The second-order valence-corrected chi connectivity index (χ2v) is 7.83. The summed E-state index contributed by atoms with van der Waals surface area (Å²) >= 11 is 0. The Hall–Kier alpha value is -3.73. The maximum absolute atomic E-state index is 14.9. The normalized spacial score (nSPS) is 17.9. The van der Waals surface area contributed by atoms with Crippen LogP contribution in [0.3, 0.4) is 0 Å². The number of carbonyl (C=O) groups excluding carboxylic acids is 2. The van der Waals surface area contributed by atoms with Gasteiger partial charge in [0.1, 0.15) is 11.6 Å². The van der Waals surface area contributed by atoms with Crippen LogP contribution in [0, 0.1) is 26.6 Å². The van der Waals surface area contributed by atoms with E-state index >= 15 is 0 Å². The summed E-state index contributed by atoms with van der Waals surface area (Å²) in [7, 11) is 0. The number of hydrogen-bond donors (Lipinski definition) is 1. The first kappa shape index (κ1) is 20.5. The van der Waals surface area contributed by atoms with Crippen LogP contribution in [0.4, 0.5) is 10.1 Å². The molecule has 1 fully saturated rings. The van der Waals surface area contributed by atoms with Crippen LogP contribution in [0.5, 0.6) is 0 Å². The van der Waals surface area contributed by atoms with E-state index in [-0.39, 0.29) is 16.9 Å². The number of carbonyl (C=O) groups is 2. The molecule has 0 aromatic heterocycles. The Morgan fingerprint density at radius 1 is 0.903 bits per heavy atom. The van der Waals surface area contributed by atoms with Crippen LogP contribution in [0.25, 0.3) is 5.76 Å². The molecule has 0 aliphatic carbocycles. The minimum Gasteiger partial charge on any atom is -0.507 e. The third-order valence-corrected chi connectivity index (χ3v) is 5.74. The molecular formula is C26H22FNO3. The molecule has 156 valence electrons. The van der Waals surface area contributed by atoms with E-state index in [1.165, 1.54) is 17.0 Å². The Morgan fingerprint density at radius 3 is 2.23 bits per heavy atom. The monoisotopic (exact) mass is 415 g/mol. The Bertz CT molecular complexity index is 1230. The molecule has 0 radical (unpaired) electrons. The number of aryl methyl sites for hydroxylation is 3. The van der Waals surface area contributed by atoms with Gasteiger partial charge in [0.25, 0.3) is 11.7 Å². The number of Topliss-reactive ketones (excluding diaryl/α,β-unsaturated/α-hetero) is 1. The molecule has 1 saturated heterocycles. The highest BCUT2D eigenvalue weighted by atomic mass is 19.1. The zero-order valence-electron chi connectivity index (χ0n) is 17.5. The number of benzene rings is 3. The van der Waals surface area contributed by atoms with Crippen molar-refractivity contribution in [2.24, 2.45) is 0 Å². The SMILES string of the molecule is Cc1ccc(N2C(=O)C(=O)/C(=C(/O)c3ccc(C)c(C)c3)C2c2ccccc2F)cc1. The van der Waals surface area contributed by atoms with Gasteiger partial charge in [-0.2, -0.15) is 0 Å². The van der Waals surface area contributed by atoms with Crippen molar-refractivity contribution in [2.75, 3.05) is 4.90 Å². The highest BCUT2D eigenvalue weighted by Gasteiger charge is 2.47. The molecule has 5 heteroatoms. The standard InChI is InChI=1S/C26H22FNO3/c1-15-8-12-19(13-9-15)28-23(20-6-4-5-7-21(20)27)22(25(30)26(28)31)24(29)18-11-10-16(2)17(3)14-18/h4-14,23,29H,1-3H3/b24-22+. The predicted molar refractivity (Wildman–Crippen MR) is 118 cm³/mol. The average Bonchev–Trinajstić information content (AvgIpc) is 3.01. The predicted octanol–water partition coefficient (Wildman–Crippen LogP) is 5.38. The number of halogens is 1. The number of aliphatic hydroxyl groups excluding tert-OH is 1. The second-order valence-electron chi connectivity index (χ2n) is 7.83. The number of anilines is 1. The van der Waals surface area contributed by atoms with Crippen LogP contribution in [-0.2, 0) is 9.59 Å². The molecule has 1 N–H and O–H groups in total. The molecular weight excluding hydrogens is 393 g/mol. The van der Waals surface area contributed by atoms with E-state index in [4.69, 9.17) is 0 Å². The van der Waals surface area contributed by atoms with E-state index in [1.54, 1.807) is 36.4 Å². The maximum Gasteiger partial charge on any atom is 0.300 e. The fourth-order valence-corrected chi connectivity index (χ4v) is 3.84. The van der Waals surface area contributed by atoms with Gasteiger partial charge in [-0.05, 0) is 56.2 Å². The highest BCUT2D eigenvalue weighted by molar-refractivity contribution is 6.51. The third kappa shape index (κ3) is 3.52. The van der Waals surface area contributed by atoms with Gasteiger partial charge in [0.15, 0.2) is 0 Å². The molecule has 4 rings (SSSR count). The number of ketones is 1. The summed E-state index contributed by atoms with van der Waals surface area (Å²) in [6.07, 6.45) is 0. The molecule has 1 atom stereocenters. The van der Waals surface area contributed by atoms with Crippen molar-refractivity contribution >= 4 is 23.1 Å². The van der Waals surface area contributed by atoms with Crippen molar-refractivity contribution in [1.82, 2.24) is 0 Å². The van der Waals surface area contributed by atoms with Crippen molar-refractivity contribution in [1.29, 1.82) is 0 Å². The van der Waals surface area contributed by atoms with Gasteiger partial charge in [0.2, 0.25) is 0 Å². The van der Waals surface area contributed by atoms with Gasteiger partial charge in [-0.25, -0.2) is 4.39 Å². The summed E-state index contributed by atoms with van der Waals surface area (Å²) in [5.41, 5.74) is 3.83. The first-order valence-corrected chi connectivity index (χ1v) is 9.99. The fourth-order valence-electron chi connectivity index (χ4n) is 3.84. The molecule has 31 heavy (non-hydrogen) atoms. The number of aliphatic hydroxyl groups is 1. The van der Waals surface area contributed by atoms with Crippen LogP contribution in [0.15, 0.2) is 72.3 Å². The molecule has 1 aliphatic heterocycles. The van der Waals surface area contributed by atoms with E-state index in [1.807, 2.05) is 39.0 Å².